The minimum atomic E-state index is -0.0961. The SMILES string of the molecule is CC1(C)C(O)CC2C=CC1C2. The highest BCUT2D eigenvalue weighted by Crippen LogP contribution is 2.47. The van der Waals surface area contributed by atoms with Gasteiger partial charge in [0.1, 0.15) is 0 Å². The first-order valence-corrected chi connectivity index (χ1v) is 4.47. The molecule has 0 spiro atoms. The molecule has 2 rings (SSSR count). The first-order chi connectivity index (χ1) is 5.10. The lowest BCUT2D eigenvalue weighted by atomic mass is 9.67. The topological polar surface area (TPSA) is 20.2 Å². The van der Waals surface area contributed by atoms with Gasteiger partial charge in [0.15, 0.2) is 0 Å². The number of hydrogen-bond donors (Lipinski definition) is 1. The Hall–Kier alpha value is -0.300. The summed E-state index contributed by atoms with van der Waals surface area (Å²) in [6.45, 7) is 4.35. The van der Waals surface area contributed by atoms with Crippen LogP contribution < -0.4 is 0 Å². The van der Waals surface area contributed by atoms with Gasteiger partial charge in [-0.25, -0.2) is 0 Å². The van der Waals surface area contributed by atoms with E-state index >= 15 is 0 Å². The van der Waals surface area contributed by atoms with Crippen LogP contribution in [0.1, 0.15) is 26.7 Å². The molecular formula is C10H16O. The van der Waals surface area contributed by atoms with Crippen LogP contribution in [0.3, 0.4) is 0 Å². The second-order valence-electron chi connectivity index (χ2n) is 4.56. The molecule has 0 aromatic carbocycles. The maximum absolute atomic E-state index is 9.78. The van der Waals surface area contributed by atoms with Gasteiger partial charge in [-0.2, -0.15) is 0 Å². The number of aliphatic hydroxyl groups is 1. The zero-order valence-electron chi connectivity index (χ0n) is 7.25. The molecule has 1 N–H and O–H groups in total. The lowest BCUT2D eigenvalue weighted by Gasteiger charge is -2.40. The van der Waals surface area contributed by atoms with Gasteiger partial charge >= 0.3 is 0 Å². The molecule has 1 nitrogen and oxygen atoms in total. The summed E-state index contributed by atoms with van der Waals surface area (Å²) in [4.78, 5) is 0. The lowest BCUT2D eigenvalue weighted by Crippen LogP contribution is -2.39. The van der Waals surface area contributed by atoms with Crippen LogP contribution in [-0.4, -0.2) is 11.2 Å². The molecule has 3 atom stereocenters. The fourth-order valence-corrected chi connectivity index (χ4v) is 2.34. The third-order valence-electron chi connectivity index (χ3n) is 3.51. The minimum absolute atomic E-state index is 0.0961. The van der Waals surface area contributed by atoms with Crippen molar-refractivity contribution in [1.82, 2.24) is 0 Å². The largest absolute Gasteiger partial charge is 0.393 e. The summed E-state index contributed by atoms with van der Waals surface area (Å²) >= 11 is 0. The van der Waals surface area contributed by atoms with Gasteiger partial charge < -0.3 is 5.11 Å². The van der Waals surface area contributed by atoms with Crippen molar-refractivity contribution in [2.75, 3.05) is 0 Å². The number of rotatable bonds is 0. The summed E-state index contributed by atoms with van der Waals surface area (Å²) in [5, 5.41) is 9.78. The van der Waals surface area contributed by atoms with Crippen molar-refractivity contribution in [3.63, 3.8) is 0 Å². The fourth-order valence-electron chi connectivity index (χ4n) is 2.34. The molecule has 0 radical (unpaired) electrons. The van der Waals surface area contributed by atoms with Gasteiger partial charge in [-0.1, -0.05) is 26.0 Å². The van der Waals surface area contributed by atoms with Crippen molar-refractivity contribution >= 4 is 0 Å². The third-order valence-corrected chi connectivity index (χ3v) is 3.51. The molecule has 2 aliphatic carbocycles. The van der Waals surface area contributed by atoms with Crippen molar-refractivity contribution < 1.29 is 5.11 Å². The van der Waals surface area contributed by atoms with E-state index in [1.807, 2.05) is 0 Å². The standard InChI is InChI=1S/C10H16O/c1-10(2)8-4-3-7(5-8)6-9(10)11/h3-4,7-9,11H,5-6H2,1-2H3. The first kappa shape index (κ1) is 7.35. The van der Waals surface area contributed by atoms with Crippen LogP contribution >= 0.6 is 0 Å². The Balaban J connectivity index is 2.26. The lowest BCUT2D eigenvalue weighted by molar-refractivity contribution is -0.0196. The molecule has 0 aromatic heterocycles. The number of aliphatic hydroxyl groups excluding tert-OH is 1. The van der Waals surface area contributed by atoms with Crippen LogP contribution in [0, 0.1) is 17.3 Å². The van der Waals surface area contributed by atoms with Crippen molar-refractivity contribution in [1.29, 1.82) is 0 Å². The summed E-state index contributed by atoms with van der Waals surface area (Å²) < 4.78 is 0. The highest BCUT2D eigenvalue weighted by atomic mass is 16.3. The average molecular weight is 152 g/mol. The number of allylic oxidation sites excluding steroid dienone is 2. The van der Waals surface area contributed by atoms with Gasteiger partial charge in [0.2, 0.25) is 0 Å². The van der Waals surface area contributed by atoms with E-state index in [1.54, 1.807) is 0 Å². The highest BCUT2D eigenvalue weighted by Gasteiger charge is 2.43. The molecule has 2 bridgehead atoms. The zero-order valence-corrected chi connectivity index (χ0v) is 7.25. The normalized spacial score (nSPS) is 46.3. The molecule has 0 amide bonds. The molecule has 1 heteroatoms. The maximum atomic E-state index is 9.78. The second-order valence-corrected chi connectivity index (χ2v) is 4.56. The monoisotopic (exact) mass is 152 g/mol. The summed E-state index contributed by atoms with van der Waals surface area (Å²) in [6, 6.07) is 0. The second kappa shape index (κ2) is 2.10. The van der Waals surface area contributed by atoms with Crippen molar-refractivity contribution in [3.8, 4) is 0 Å². The summed E-state index contributed by atoms with van der Waals surface area (Å²) in [6.07, 6.45) is 6.72. The van der Waals surface area contributed by atoms with E-state index in [1.165, 1.54) is 6.42 Å². The Labute approximate surface area is 68.1 Å². The smallest absolute Gasteiger partial charge is 0.0602 e. The van der Waals surface area contributed by atoms with Gasteiger partial charge in [0.05, 0.1) is 6.10 Å². The summed E-state index contributed by atoms with van der Waals surface area (Å²) in [5.74, 6) is 1.29. The molecule has 0 saturated heterocycles. The van der Waals surface area contributed by atoms with E-state index in [0.29, 0.717) is 11.8 Å². The third kappa shape index (κ3) is 0.943. The fraction of sp³-hybridized carbons (Fsp3) is 0.800. The van der Waals surface area contributed by atoms with E-state index in [2.05, 4.69) is 26.0 Å². The molecule has 11 heavy (non-hydrogen) atoms. The zero-order chi connectivity index (χ0) is 8.06. The van der Waals surface area contributed by atoms with E-state index in [4.69, 9.17) is 0 Å². The average Bonchev–Trinajstić information content (AvgIpc) is 2.31. The molecule has 2 aliphatic rings. The predicted octanol–water partition coefficient (Wildman–Crippen LogP) is 1.97. The van der Waals surface area contributed by atoms with Gasteiger partial charge in [-0.05, 0) is 30.1 Å². The molecule has 0 heterocycles. The van der Waals surface area contributed by atoms with Crippen LogP contribution in [0.15, 0.2) is 12.2 Å². The van der Waals surface area contributed by atoms with Gasteiger partial charge in [0.25, 0.3) is 0 Å². The molecule has 3 unspecified atom stereocenters. The number of fused-ring (bicyclic) bond motifs is 2. The van der Waals surface area contributed by atoms with Crippen LogP contribution in [-0.2, 0) is 0 Å². The molecule has 62 valence electrons. The first-order valence-electron chi connectivity index (χ1n) is 4.47. The minimum Gasteiger partial charge on any atom is -0.393 e. The van der Waals surface area contributed by atoms with Gasteiger partial charge in [0, 0.05) is 0 Å². The highest BCUT2D eigenvalue weighted by molar-refractivity contribution is 5.12. The quantitative estimate of drug-likeness (QED) is 0.526. The Kier molecular flexibility index (Phi) is 1.40. The van der Waals surface area contributed by atoms with Crippen LogP contribution in [0.2, 0.25) is 0 Å². The van der Waals surface area contributed by atoms with E-state index in [-0.39, 0.29) is 11.5 Å². The molecule has 1 fully saturated rings. The molecule has 0 aliphatic heterocycles. The number of hydrogen-bond acceptors (Lipinski definition) is 1. The van der Waals surface area contributed by atoms with Crippen LogP contribution in [0.4, 0.5) is 0 Å². The van der Waals surface area contributed by atoms with Gasteiger partial charge in [-0.15, -0.1) is 0 Å². The van der Waals surface area contributed by atoms with E-state index < -0.39 is 0 Å². The van der Waals surface area contributed by atoms with Crippen molar-refractivity contribution in [3.05, 3.63) is 12.2 Å². The van der Waals surface area contributed by atoms with Crippen LogP contribution in [0.5, 0.6) is 0 Å². The van der Waals surface area contributed by atoms with Crippen molar-refractivity contribution in [2.45, 2.75) is 32.8 Å². The molecular weight excluding hydrogens is 136 g/mol. The Morgan fingerprint density at radius 1 is 1.27 bits per heavy atom. The van der Waals surface area contributed by atoms with Crippen LogP contribution in [0.25, 0.3) is 0 Å². The summed E-state index contributed by atoms with van der Waals surface area (Å²) in [5.41, 5.74) is 0.115. The van der Waals surface area contributed by atoms with E-state index in [0.717, 1.165) is 6.42 Å². The predicted molar refractivity (Wildman–Crippen MR) is 45.1 cm³/mol. The molecule has 1 saturated carbocycles. The Bertz CT molecular complexity index is 193. The molecule has 0 aromatic rings. The van der Waals surface area contributed by atoms with E-state index in [9.17, 15) is 5.11 Å². The summed E-state index contributed by atoms with van der Waals surface area (Å²) in [7, 11) is 0. The Morgan fingerprint density at radius 2 is 2.00 bits per heavy atom. The van der Waals surface area contributed by atoms with Crippen molar-refractivity contribution in [2.24, 2.45) is 17.3 Å². The maximum Gasteiger partial charge on any atom is 0.0602 e. The Morgan fingerprint density at radius 3 is 2.73 bits per heavy atom. The van der Waals surface area contributed by atoms with Gasteiger partial charge in [-0.3, -0.25) is 0 Å².